The lowest BCUT2D eigenvalue weighted by atomic mass is 10.1. The van der Waals surface area contributed by atoms with Crippen LogP contribution in [0.25, 0.3) is 0 Å². The van der Waals surface area contributed by atoms with Crippen molar-refractivity contribution in [1.29, 1.82) is 0 Å². The minimum Gasteiger partial charge on any atom is -0.344 e. The van der Waals surface area contributed by atoms with E-state index in [1.807, 2.05) is 6.92 Å². The molecule has 24 heavy (non-hydrogen) atoms. The van der Waals surface area contributed by atoms with E-state index in [4.69, 9.17) is 8.37 Å². The van der Waals surface area contributed by atoms with Gasteiger partial charge < -0.3 is 6.15 Å². The molecule has 0 heterocycles. The summed E-state index contributed by atoms with van der Waals surface area (Å²) in [4.78, 5) is 0. The van der Waals surface area contributed by atoms with Crippen molar-refractivity contribution in [3.63, 3.8) is 0 Å². The highest BCUT2D eigenvalue weighted by molar-refractivity contribution is 7.81. The van der Waals surface area contributed by atoms with E-state index in [1.54, 1.807) is 0 Å². The van der Waals surface area contributed by atoms with Crippen LogP contribution < -0.4 is 6.15 Å². The van der Waals surface area contributed by atoms with Gasteiger partial charge in [-0.1, -0.05) is 90.9 Å². The Morgan fingerprint density at radius 2 is 0.875 bits per heavy atom. The summed E-state index contributed by atoms with van der Waals surface area (Å²) in [5.41, 5.74) is 0. The molecule has 0 aromatic carbocycles. The minimum atomic E-state index is -3.77. The normalized spacial score (nSPS) is 11.4. The Hall–Kier alpha value is -0.170. The fraction of sp³-hybridized carbons (Fsp3) is 1.00. The van der Waals surface area contributed by atoms with E-state index in [0.29, 0.717) is 0 Å². The molecule has 0 amide bonds. The van der Waals surface area contributed by atoms with Crippen molar-refractivity contribution < 1.29 is 16.8 Å². The zero-order valence-corrected chi connectivity index (χ0v) is 16.9. The number of unbranched alkanes of at least 4 members (excludes halogenated alkanes) is 12. The molecule has 0 aromatic heterocycles. The molecule has 0 spiro atoms. The van der Waals surface area contributed by atoms with Crippen LogP contribution >= 0.6 is 0 Å². The zero-order chi connectivity index (χ0) is 17.2. The van der Waals surface area contributed by atoms with E-state index in [2.05, 4.69) is 6.92 Å². The Balaban J connectivity index is 0. The maximum Gasteiger partial charge on any atom is 0.399 e. The maximum atomic E-state index is 11.4. The molecule has 3 N–H and O–H groups in total. The first-order chi connectivity index (χ1) is 11.1. The van der Waals surface area contributed by atoms with Gasteiger partial charge in [-0.25, -0.2) is 8.37 Å². The molecule has 0 saturated carbocycles. The Morgan fingerprint density at radius 3 is 1.29 bits per heavy atom. The summed E-state index contributed by atoms with van der Waals surface area (Å²) in [7, 11) is -3.77. The van der Waals surface area contributed by atoms with Gasteiger partial charge in [0.2, 0.25) is 0 Å². The van der Waals surface area contributed by atoms with Crippen LogP contribution in [-0.2, 0) is 18.8 Å². The van der Waals surface area contributed by atoms with E-state index in [9.17, 15) is 8.42 Å². The van der Waals surface area contributed by atoms with Gasteiger partial charge >= 0.3 is 10.4 Å². The third kappa shape index (κ3) is 19.9. The first kappa shape index (κ1) is 26.1. The molecular weight excluding hydrogens is 326 g/mol. The monoisotopic (exact) mass is 367 g/mol. The van der Waals surface area contributed by atoms with Gasteiger partial charge in [0.05, 0.1) is 13.2 Å². The highest BCUT2D eigenvalue weighted by atomic mass is 32.3. The van der Waals surface area contributed by atoms with Crippen molar-refractivity contribution >= 4 is 10.4 Å². The van der Waals surface area contributed by atoms with Crippen molar-refractivity contribution in [2.75, 3.05) is 13.2 Å². The molecule has 0 aromatic rings. The van der Waals surface area contributed by atoms with E-state index in [0.717, 1.165) is 32.1 Å². The van der Waals surface area contributed by atoms with Crippen LogP contribution in [0.4, 0.5) is 0 Å². The van der Waals surface area contributed by atoms with Crippen LogP contribution in [-0.4, -0.2) is 21.6 Å². The van der Waals surface area contributed by atoms with Gasteiger partial charge in [0, 0.05) is 0 Å². The Kier molecular flexibility index (Phi) is 20.8. The van der Waals surface area contributed by atoms with Crippen molar-refractivity contribution in [3.8, 4) is 0 Å². The molecule has 0 atom stereocenters. The summed E-state index contributed by atoms with van der Waals surface area (Å²) in [5.74, 6) is 0. The first-order valence-corrected chi connectivity index (χ1v) is 11.0. The van der Waals surface area contributed by atoms with Crippen molar-refractivity contribution in [3.05, 3.63) is 0 Å². The van der Waals surface area contributed by atoms with Gasteiger partial charge in [-0.05, 0) is 12.8 Å². The van der Waals surface area contributed by atoms with E-state index in [1.165, 1.54) is 57.8 Å². The standard InChI is InChI=1S/C18H38O4S.H3N/c1-3-5-7-8-9-10-11-12-13-14-15-16-18-22-23(19,20)21-17-6-4-2;/h3-18H2,1-2H3;1H3. The summed E-state index contributed by atoms with van der Waals surface area (Å²) < 4.78 is 32.3. The molecule has 0 rings (SSSR count). The molecule has 0 radical (unpaired) electrons. The maximum absolute atomic E-state index is 11.4. The van der Waals surface area contributed by atoms with E-state index in [-0.39, 0.29) is 19.4 Å². The van der Waals surface area contributed by atoms with Crippen molar-refractivity contribution in [2.24, 2.45) is 0 Å². The summed E-state index contributed by atoms with van der Waals surface area (Å²) in [6.07, 6.45) is 16.7. The largest absolute Gasteiger partial charge is 0.399 e. The summed E-state index contributed by atoms with van der Waals surface area (Å²) in [5, 5.41) is 0. The summed E-state index contributed by atoms with van der Waals surface area (Å²) >= 11 is 0. The fourth-order valence-electron chi connectivity index (χ4n) is 2.44. The predicted octanol–water partition coefficient (Wildman–Crippen LogP) is 5.93. The number of hydrogen-bond acceptors (Lipinski definition) is 5. The van der Waals surface area contributed by atoms with Crippen LogP contribution in [0.3, 0.4) is 0 Å². The SMILES string of the molecule is CCCCCCCCCCCCCCOS(=O)(=O)OCCCC.N. The highest BCUT2D eigenvalue weighted by Crippen LogP contribution is 2.12. The van der Waals surface area contributed by atoms with Crippen molar-refractivity contribution in [1.82, 2.24) is 6.15 Å². The molecule has 0 aliphatic carbocycles. The molecular formula is C18H41NO4S. The number of hydrogen-bond donors (Lipinski definition) is 1. The topological polar surface area (TPSA) is 87.6 Å². The first-order valence-electron chi connectivity index (χ1n) is 9.66. The Morgan fingerprint density at radius 1 is 0.542 bits per heavy atom. The Labute approximate surface area is 150 Å². The van der Waals surface area contributed by atoms with Gasteiger partial charge in [0.25, 0.3) is 0 Å². The quantitative estimate of drug-likeness (QED) is 0.303. The summed E-state index contributed by atoms with van der Waals surface area (Å²) in [6.45, 7) is 4.70. The molecule has 0 aliphatic heterocycles. The third-order valence-corrected chi connectivity index (χ3v) is 4.86. The van der Waals surface area contributed by atoms with Gasteiger partial charge in [0.1, 0.15) is 0 Å². The second kappa shape index (κ2) is 19.2. The molecule has 0 saturated heterocycles. The smallest absolute Gasteiger partial charge is 0.344 e. The third-order valence-electron chi connectivity index (χ3n) is 3.95. The van der Waals surface area contributed by atoms with Crippen molar-refractivity contribution in [2.45, 2.75) is 104 Å². The van der Waals surface area contributed by atoms with E-state index < -0.39 is 10.4 Å². The van der Waals surface area contributed by atoms with Crippen LogP contribution in [0.5, 0.6) is 0 Å². The van der Waals surface area contributed by atoms with Gasteiger partial charge in [-0.3, -0.25) is 0 Å². The highest BCUT2D eigenvalue weighted by Gasteiger charge is 2.10. The van der Waals surface area contributed by atoms with Gasteiger partial charge in [-0.15, -0.1) is 0 Å². The minimum absolute atomic E-state index is 0. The zero-order valence-electron chi connectivity index (χ0n) is 16.1. The van der Waals surface area contributed by atoms with Crippen LogP contribution in [0.1, 0.15) is 104 Å². The molecule has 148 valence electrons. The van der Waals surface area contributed by atoms with Gasteiger partial charge in [-0.2, -0.15) is 8.42 Å². The molecule has 6 heteroatoms. The van der Waals surface area contributed by atoms with Crippen LogP contribution in [0.15, 0.2) is 0 Å². The fourth-order valence-corrected chi connectivity index (χ4v) is 3.16. The van der Waals surface area contributed by atoms with Crippen LogP contribution in [0, 0.1) is 0 Å². The molecule has 0 bridgehead atoms. The lowest BCUT2D eigenvalue weighted by molar-refractivity contribution is 0.209. The second-order valence-electron chi connectivity index (χ2n) is 6.29. The second-order valence-corrected chi connectivity index (χ2v) is 7.58. The Bertz CT molecular complexity index is 334. The van der Waals surface area contributed by atoms with E-state index >= 15 is 0 Å². The van der Waals surface area contributed by atoms with Crippen LogP contribution in [0.2, 0.25) is 0 Å². The lowest BCUT2D eigenvalue weighted by Crippen LogP contribution is -2.11. The number of rotatable bonds is 18. The molecule has 5 nitrogen and oxygen atoms in total. The van der Waals surface area contributed by atoms with Gasteiger partial charge in [0.15, 0.2) is 0 Å². The molecule has 0 fully saturated rings. The molecule has 0 aliphatic rings. The molecule has 0 unspecified atom stereocenters. The lowest BCUT2D eigenvalue weighted by Gasteiger charge is -2.05. The summed E-state index contributed by atoms with van der Waals surface area (Å²) in [6, 6.07) is 0. The average Bonchev–Trinajstić information content (AvgIpc) is 2.52. The average molecular weight is 368 g/mol. The predicted molar refractivity (Wildman–Crippen MR) is 102 cm³/mol.